The van der Waals surface area contributed by atoms with Gasteiger partial charge in [0.1, 0.15) is 6.54 Å². The molecular weight excluding hydrogens is 268 g/mol. The second kappa shape index (κ2) is 5.73. The summed E-state index contributed by atoms with van der Waals surface area (Å²) in [4.78, 5) is 24.6. The number of aryl methyl sites for hydroxylation is 1. The van der Waals surface area contributed by atoms with Crippen LogP contribution in [-0.2, 0) is 17.9 Å². The van der Waals surface area contributed by atoms with Crippen molar-refractivity contribution < 1.29 is 4.79 Å². The summed E-state index contributed by atoms with van der Waals surface area (Å²) in [6.45, 7) is 4.34. The first-order valence-electron chi connectivity index (χ1n) is 7.39. The zero-order chi connectivity index (χ0) is 14.8. The van der Waals surface area contributed by atoms with E-state index in [1.807, 2.05) is 31.2 Å². The molecule has 1 aromatic carbocycles. The van der Waals surface area contributed by atoms with Crippen LogP contribution < -0.4 is 16.3 Å². The molecule has 0 spiro atoms. The fourth-order valence-corrected chi connectivity index (χ4v) is 2.93. The molecule has 0 saturated carbocycles. The van der Waals surface area contributed by atoms with Crippen LogP contribution in [0.4, 0.5) is 0 Å². The zero-order valence-electron chi connectivity index (χ0n) is 12.1. The SMILES string of the molecule is CCn1c(=O)n(CC(=O)NC2CCNC2)c2ccccc21. The number of carbonyl (C=O) groups excluding carboxylic acids is 1. The number of benzene rings is 1. The van der Waals surface area contributed by atoms with Crippen molar-refractivity contribution in [2.45, 2.75) is 32.5 Å². The van der Waals surface area contributed by atoms with E-state index in [1.165, 1.54) is 0 Å². The average Bonchev–Trinajstić information content (AvgIpc) is 3.07. The van der Waals surface area contributed by atoms with Gasteiger partial charge in [0.2, 0.25) is 5.91 Å². The van der Waals surface area contributed by atoms with Gasteiger partial charge in [-0.25, -0.2) is 4.79 Å². The minimum Gasteiger partial charge on any atom is -0.350 e. The van der Waals surface area contributed by atoms with Crippen LogP contribution in [0.3, 0.4) is 0 Å². The van der Waals surface area contributed by atoms with E-state index in [9.17, 15) is 9.59 Å². The van der Waals surface area contributed by atoms with E-state index < -0.39 is 0 Å². The number of para-hydroxylation sites is 2. The fourth-order valence-electron chi connectivity index (χ4n) is 2.93. The third-order valence-electron chi connectivity index (χ3n) is 3.97. The average molecular weight is 288 g/mol. The van der Waals surface area contributed by atoms with Crippen LogP contribution in [0.1, 0.15) is 13.3 Å². The predicted molar refractivity (Wildman–Crippen MR) is 81.3 cm³/mol. The van der Waals surface area contributed by atoms with E-state index >= 15 is 0 Å². The molecule has 0 bridgehead atoms. The Hall–Kier alpha value is -2.08. The van der Waals surface area contributed by atoms with Crippen molar-refractivity contribution >= 4 is 16.9 Å². The number of imidazole rings is 1. The van der Waals surface area contributed by atoms with E-state index in [4.69, 9.17) is 0 Å². The number of aromatic nitrogens is 2. The highest BCUT2D eigenvalue weighted by molar-refractivity contribution is 5.81. The van der Waals surface area contributed by atoms with Gasteiger partial charge in [0.25, 0.3) is 0 Å². The highest BCUT2D eigenvalue weighted by atomic mass is 16.2. The molecule has 3 rings (SSSR count). The Morgan fingerprint density at radius 3 is 2.67 bits per heavy atom. The molecule has 1 atom stereocenters. The summed E-state index contributed by atoms with van der Waals surface area (Å²) in [7, 11) is 0. The van der Waals surface area contributed by atoms with Gasteiger partial charge in [-0.2, -0.15) is 0 Å². The number of hydrogen-bond donors (Lipinski definition) is 2. The predicted octanol–water partition coefficient (Wildman–Crippen LogP) is 0.301. The Kier molecular flexibility index (Phi) is 3.79. The van der Waals surface area contributed by atoms with E-state index in [2.05, 4.69) is 10.6 Å². The van der Waals surface area contributed by atoms with Crippen molar-refractivity contribution in [2.24, 2.45) is 0 Å². The van der Waals surface area contributed by atoms with E-state index in [1.54, 1.807) is 9.13 Å². The van der Waals surface area contributed by atoms with Gasteiger partial charge in [0.05, 0.1) is 11.0 Å². The Morgan fingerprint density at radius 1 is 1.33 bits per heavy atom. The summed E-state index contributed by atoms with van der Waals surface area (Å²) in [6.07, 6.45) is 0.942. The van der Waals surface area contributed by atoms with Gasteiger partial charge in [-0.05, 0) is 32.0 Å². The Labute approximate surface area is 122 Å². The molecule has 2 aromatic rings. The topological polar surface area (TPSA) is 68.1 Å². The summed E-state index contributed by atoms with van der Waals surface area (Å²) in [6, 6.07) is 7.76. The van der Waals surface area contributed by atoms with Crippen LogP contribution >= 0.6 is 0 Å². The Morgan fingerprint density at radius 2 is 2.05 bits per heavy atom. The molecule has 1 aliphatic rings. The van der Waals surface area contributed by atoms with Crippen molar-refractivity contribution in [1.29, 1.82) is 0 Å². The molecule has 0 aliphatic carbocycles. The standard InChI is InChI=1S/C15H20N4O2/c1-2-18-12-5-3-4-6-13(12)19(15(18)21)10-14(20)17-11-7-8-16-9-11/h3-6,11,16H,2,7-10H2,1H3,(H,17,20). The highest BCUT2D eigenvalue weighted by Gasteiger charge is 2.19. The van der Waals surface area contributed by atoms with E-state index in [-0.39, 0.29) is 24.2 Å². The van der Waals surface area contributed by atoms with Gasteiger partial charge >= 0.3 is 5.69 Å². The summed E-state index contributed by atoms with van der Waals surface area (Å²) in [5, 5.41) is 6.18. The molecule has 1 aliphatic heterocycles. The van der Waals surface area contributed by atoms with Crippen LogP contribution in [-0.4, -0.2) is 34.2 Å². The van der Waals surface area contributed by atoms with E-state index in [0.717, 1.165) is 30.5 Å². The van der Waals surface area contributed by atoms with Crippen molar-refractivity contribution in [3.05, 3.63) is 34.7 Å². The maximum atomic E-state index is 12.4. The summed E-state index contributed by atoms with van der Waals surface area (Å²) < 4.78 is 3.25. The minimum atomic E-state index is -0.126. The Bertz CT molecular complexity index is 710. The smallest absolute Gasteiger partial charge is 0.329 e. The number of amides is 1. The molecule has 1 aromatic heterocycles. The quantitative estimate of drug-likeness (QED) is 0.850. The largest absolute Gasteiger partial charge is 0.350 e. The number of carbonyl (C=O) groups is 1. The number of fused-ring (bicyclic) bond motifs is 1. The lowest BCUT2D eigenvalue weighted by molar-refractivity contribution is -0.122. The maximum Gasteiger partial charge on any atom is 0.329 e. The number of hydrogen-bond acceptors (Lipinski definition) is 3. The van der Waals surface area contributed by atoms with Crippen molar-refractivity contribution in [2.75, 3.05) is 13.1 Å². The van der Waals surface area contributed by atoms with Crippen molar-refractivity contribution in [1.82, 2.24) is 19.8 Å². The number of rotatable bonds is 4. The van der Waals surface area contributed by atoms with Gasteiger partial charge in [-0.15, -0.1) is 0 Å². The molecule has 1 fully saturated rings. The molecule has 2 N–H and O–H groups in total. The molecule has 6 nitrogen and oxygen atoms in total. The lowest BCUT2D eigenvalue weighted by Gasteiger charge is -2.11. The van der Waals surface area contributed by atoms with Crippen LogP contribution in [0.15, 0.2) is 29.1 Å². The van der Waals surface area contributed by atoms with Gasteiger partial charge in [-0.3, -0.25) is 13.9 Å². The van der Waals surface area contributed by atoms with E-state index in [0.29, 0.717) is 6.54 Å². The monoisotopic (exact) mass is 288 g/mol. The van der Waals surface area contributed by atoms with Crippen LogP contribution in [0.2, 0.25) is 0 Å². The third kappa shape index (κ3) is 2.58. The first-order chi connectivity index (χ1) is 10.2. The molecule has 6 heteroatoms. The van der Waals surface area contributed by atoms with Gasteiger partial charge in [-0.1, -0.05) is 12.1 Å². The third-order valence-corrected chi connectivity index (χ3v) is 3.97. The molecule has 1 unspecified atom stereocenters. The van der Waals surface area contributed by atoms with Crippen LogP contribution in [0.5, 0.6) is 0 Å². The highest BCUT2D eigenvalue weighted by Crippen LogP contribution is 2.12. The molecule has 1 saturated heterocycles. The van der Waals surface area contributed by atoms with Gasteiger partial charge in [0.15, 0.2) is 0 Å². The molecular formula is C15H20N4O2. The van der Waals surface area contributed by atoms with Crippen molar-refractivity contribution in [3.63, 3.8) is 0 Å². The first kappa shape index (κ1) is 13.9. The van der Waals surface area contributed by atoms with Gasteiger partial charge in [0, 0.05) is 19.1 Å². The lowest BCUT2D eigenvalue weighted by atomic mass is 10.2. The maximum absolute atomic E-state index is 12.4. The summed E-state index contributed by atoms with van der Waals surface area (Å²) in [5.74, 6) is -0.107. The molecule has 1 amide bonds. The molecule has 0 radical (unpaired) electrons. The summed E-state index contributed by atoms with van der Waals surface area (Å²) >= 11 is 0. The molecule has 2 heterocycles. The number of nitrogens with one attached hydrogen (secondary N) is 2. The van der Waals surface area contributed by atoms with Crippen molar-refractivity contribution in [3.8, 4) is 0 Å². The zero-order valence-corrected chi connectivity index (χ0v) is 12.1. The minimum absolute atomic E-state index is 0.0723. The molecule has 21 heavy (non-hydrogen) atoms. The first-order valence-corrected chi connectivity index (χ1v) is 7.39. The second-order valence-electron chi connectivity index (χ2n) is 5.36. The Balaban J connectivity index is 1.88. The lowest BCUT2D eigenvalue weighted by Crippen LogP contribution is -2.40. The van der Waals surface area contributed by atoms with Crippen LogP contribution in [0.25, 0.3) is 11.0 Å². The number of nitrogens with zero attached hydrogens (tertiary/aromatic N) is 2. The summed E-state index contributed by atoms with van der Waals surface area (Å²) in [5.41, 5.74) is 1.56. The fraction of sp³-hybridized carbons (Fsp3) is 0.467. The normalized spacial score (nSPS) is 18.2. The second-order valence-corrected chi connectivity index (χ2v) is 5.36. The van der Waals surface area contributed by atoms with Crippen LogP contribution in [0, 0.1) is 0 Å². The molecule has 112 valence electrons. The van der Waals surface area contributed by atoms with Gasteiger partial charge < -0.3 is 10.6 Å².